The molecule has 106 valence electrons. The molecule has 0 fully saturated rings. The van der Waals surface area contributed by atoms with Crippen molar-refractivity contribution in [3.8, 4) is 0 Å². The van der Waals surface area contributed by atoms with Gasteiger partial charge in [0.2, 0.25) is 0 Å². The van der Waals surface area contributed by atoms with Crippen LogP contribution in [0.5, 0.6) is 0 Å². The number of halogens is 1. The third kappa shape index (κ3) is 3.91. The Bertz CT molecular complexity index is 536. The molecule has 20 heavy (non-hydrogen) atoms. The Morgan fingerprint density at radius 2 is 1.85 bits per heavy atom. The van der Waals surface area contributed by atoms with Crippen molar-refractivity contribution in [3.05, 3.63) is 71.0 Å². The molecule has 1 N–H and O–H groups in total. The first-order valence-electron chi connectivity index (χ1n) is 7.15. The van der Waals surface area contributed by atoms with Gasteiger partial charge in [-0.3, -0.25) is 0 Å². The van der Waals surface area contributed by atoms with Crippen LogP contribution >= 0.6 is 0 Å². The predicted molar refractivity (Wildman–Crippen MR) is 82.6 cm³/mol. The van der Waals surface area contributed by atoms with Crippen molar-refractivity contribution in [3.63, 3.8) is 0 Å². The third-order valence-electron chi connectivity index (χ3n) is 3.79. The van der Waals surface area contributed by atoms with Crippen LogP contribution in [0, 0.1) is 12.7 Å². The molecule has 0 saturated carbocycles. The first-order chi connectivity index (χ1) is 9.70. The zero-order valence-electron chi connectivity index (χ0n) is 12.2. The van der Waals surface area contributed by atoms with Crippen molar-refractivity contribution in [1.82, 2.24) is 5.32 Å². The van der Waals surface area contributed by atoms with E-state index in [0.29, 0.717) is 5.92 Å². The van der Waals surface area contributed by atoms with Crippen LogP contribution in [-0.2, 0) is 6.42 Å². The highest BCUT2D eigenvalue weighted by molar-refractivity contribution is 5.27. The molecule has 0 aliphatic heterocycles. The Kier molecular flexibility index (Phi) is 5.31. The number of aryl methyl sites for hydroxylation is 2. The maximum absolute atomic E-state index is 13.1. The fraction of sp³-hybridized carbons (Fsp3) is 0.333. The summed E-state index contributed by atoms with van der Waals surface area (Å²) in [6.07, 6.45) is 2.05. The van der Waals surface area contributed by atoms with Gasteiger partial charge in [-0.25, -0.2) is 4.39 Å². The monoisotopic (exact) mass is 271 g/mol. The summed E-state index contributed by atoms with van der Waals surface area (Å²) < 4.78 is 13.1. The molecule has 0 saturated heterocycles. The lowest BCUT2D eigenvalue weighted by Crippen LogP contribution is -2.18. The van der Waals surface area contributed by atoms with E-state index in [1.54, 1.807) is 12.1 Å². The van der Waals surface area contributed by atoms with Crippen LogP contribution in [0.2, 0.25) is 0 Å². The zero-order valence-corrected chi connectivity index (χ0v) is 12.2. The molecule has 0 amide bonds. The predicted octanol–water partition coefficient (Wildman–Crippen LogP) is 4.07. The second-order valence-corrected chi connectivity index (χ2v) is 5.27. The maximum atomic E-state index is 13.1. The molecule has 0 radical (unpaired) electrons. The number of hydrogen-bond donors (Lipinski definition) is 1. The van der Waals surface area contributed by atoms with Crippen LogP contribution < -0.4 is 5.32 Å². The fourth-order valence-corrected chi connectivity index (χ4v) is 2.63. The molecule has 1 atom stereocenters. The smallest absolute Gasteiger partial charge is 0.123 e. The average Bonchev–Trinajstić information content (AvgIpc) is 2.46. The largest absolute Gasteiger partial charge is 0.319 e. The van der Waals surface area contributed by atoms with Gasteiger partial charge in [0.05, 0.1) is 0 Å². The third-order valence-corrected chi connectivity index (χ3v) is 3.79. The Morgan fingerprint density at radius 1 is 1.10 bits per heavy atom. The van der Waals surface area contributed by atoms with Crippen LogP contribution in [0.1, 0.15) is 29.0 Å². The molecular weight excluding hydrogens is 249 g/mol. The van der Waals surface area contributed by atoms with Gasteiger partial charge in [0.25, 0.3) is 0 Å². The fourth-order valence-electron chi connectivity index (χ4n) is 2.63. The summed E-state index contributed by atoms with van der Waals surface area (Å²) in [7, 11) is 1.99. The first-order valence-corrected chi connectivity index (χ1v) is 7.15. The number of likely N-dealkylation sites (N-methyl/N-ethyl adjacent to an activating group) is 1. The molecule has 2 rings (SSSR count). The van der Waals surface area contributed by atoms with Gasteiger partial charge in [0, 0.05) is 6.54 Å². The number of benzene rings is 2. The summed E-state index contributed by atoms with van der Waals surface area (Å²) in [6, 6.07) is 15.7. The van der Waals surface area contributed by atoms with Crippen molar-refractivity contribution < 1.29 is 4.39 Å². The van der Waals surface area contributed by atoms with E-state index in [-0.39, 0.29) is 5.82 Å². The highest BCUT2D eigenvalue weighted by Crippen LogP contribution is 2.22. The molecule has 2 heteroatoms. The van der Waals surface area contributed by atoms with Gasteiger partial charge in [-0.15, -0.1) is 0 Å². The number of rotatable bonds is 6. The minimum Gasteiger partial charge on any atom is -0.319 e. The molecule has 2 aromatic carbocycles. The van der Waals surface area contributed by atoms with Gasteiger partial charge >= 0.3 is 0 Å². The van der Waals surface area contributed by atoms with E-state index >= 15 is 0 Å². The highest BCUT2D eigenvalue weighted by Gasteiger charge is 2.11. The number of nitrogens with one attached hydrogen (secondary N) is 1. The standard InChI is InChI=1S/C18H22FN/c1-14-12-18(19)11-10-15(14)8-9-17(13-20-2)16-6-4-3-5-7-16/h3-7,10-12,17,20H,8-9,13H2,1-2H3. The molecule has 0 bridgehead atoms. The van der Waals surface area contributed by atoms with Gasteiger partial charge in [-0.2, -0.15) is 0 Å². The Morgan fingerprint density at radius 3 is 2.50 bits per heavy atom. The summed E-state index contributed by atoms with van der Waals surface area (Å²) in [6.45, 7) is 2.94. The van der Waals surface area contributed by atoms with Gasteiger partial charge < -0.3 is 5.32 Å². The normalized spacial score (nSPS) is 12.3. The SMILES string of the molecule is CNCC(CCc1ccc(F)cc1C)c1ccccc1. The molecule has 1 unspecified atom stereocenters. The maximum Gasteiger partial charge on any atom is 0.123 e. The summed E-state index contributed by atoms with van der Waals surface area (Å²) in [5.41, 5.74) is 3.64. The minimum atomic E-state index is -0.152. The molecule has 0 heterocycles. The summed E-state index contributed by atoms with van der Waals surface area (Å²) in [5, 5.41) is 3.27. The Labute approximate surface area is 120 Å². The molecule has 0 aromatic heterocycles. The van der Waals surface area contributed by atoms with Crippen LogP contribution in [0.3, 0.4) is 0 Å². The second-order valence-electron chi connectivity index (χ2n) is 5.27. The Balaban J connectivity index is 2.06. The average molecular weight is 271 g/mol. The van der Waals surface area contributed by atoms with Crippen LogP contribution in [-0.4, -0.2) is 13.6 Å². The molecule has 0 aliphatic rings. The highest BCUT2D eigenvalue weighted by atomic mass is 19.1. The van der Waals surface area contributed by atoms with Gasteiger partial charge in [0.1, 0.15) is 5.82 Å². The Hall–Kier alpha value is -1.67. The van der Waals surface area contributed by atoms with Gasteiger partial charge in [0.15, 0.2) is 0 Å². The van der Waals surface area contributed by atoms with E-state index in [1.807, 2.05) is 26.1 Å². The van der Waals surface area contributed by atoms with Crippen LogP contribution in [0.25, 0.3) is 0 Å². The second kappa shape index (κ2) is 7.20. The molecule has 0 spiro atoms. The minimum absolute atomic E-state index is 0.152. The molecule has 0 aliphatic carbocycles. The van der Waals surface area contributed by atoms with Crippen molar-refractivity contribution in [2.45, 2.75) is 25.7 Å². The van der Waals surface area contributed by atoms with E-state index in [4.69, 9.17) is 0 Å². The molecule has 1 nitrogen and oxygen atoms in total. The summed E-state index contributed by atoms with van der Waals surface area (Å²) in [5.74, 6) is 0.340. The van der Waals surface area contributed by atoms with Gasteiger partial charge in [-0.05, 0) is 61.6 Å². The quantitative estimate of drug-likeness (QED) is 0.835. The summed E-state index contributed by atoms with van der Waals surface area (Å²) in [4.78, 5) is 0. The van der Waals surface area contributed by atoms with Crippen molar-refractivity contribution >= 4 is 0 Å². The lowest BCUT2D eigenvalue weighted by atomic mass is 9.91. The van der Waals surface area contributed by atoms with Crippen molar-refractivity contribution in [1.29, 1.82) is 0 Å². The lowest BCUT2D eigenvalue weighted by Gasteiger charge is -2.17. The number of hydrogen-bond acceptors (Lipinski definition) is 1. The van der Waals surface area contributed by atoms with E-state index in [0.717, 1.165) is 24.9 Å². The van der Waals surface area contributed by atoms with E-state index in [1.165, 1.54) is 11.1 Å². The van der Waals surface area contributed by atoms with Crippen LogP contribution in [0.4, 0.5) is 4.39 Å². The first kappa shape index (κ1) is 14.7. The summed E-state index contributed by atoms with van der Waals surface area (Å²) >= 11 is 0. The molecular formula is C18H22FN. The van der Waals surface area contributed by atoms with Crippen LogP contribution in [0.15, 0.2) is 48.5 Å². The topological polar surface area (TPSA) is 12.0 Å². The van der Waals surface area contributed by atoms with E-state index in [2.05, 4.69) is 29.6 Å². The molecule has 2 aromatic rings. The van der Waals surface area contributed by atoms with Gasteiger partial charge in [-0.1, -0.05) is 36.4 Å². The zero-order chi connectivity index (χ0) is 14.4. The lowest BCUT2D eigenvalue weighted by molar-refractivity contribution is 0.582. The van der Waals surface area contributed by atoms with Crippen molar-refractivity contribution in [2.24, 2.45) is 0 Å². The van der Waals surface area contributed by atoms with E-state index in [9.17, 15) is 4.39 Å². The van der Waals surface area contributed by atoms with Crippen molar-refractivity contribution in [2.75, 3.05) is 13.6 Å². The van der Waals surface area contributed by atoms with E-state index < -0.39 is 0 Å².